The molecule has 150 valence electrons. The van der Waals surface area contributed by atoms with Gasteiger partial charge in [-0.3, -0.25) is 9.59 Å². The highest BCUT2D eigenvalue weighted by molar-refractivity contribution is 7.92. The van der Waals surface area contributed by atoms with Crippen molar-refractivity contribution in [1.82, 2.24) is 5.32 Å². The highest BCUT2D eigenvalue weighted by Gasteiger charge is 2.48. The predicted octanol–water partition coefficient (Wildman–Crippen LogP) is -0.768. The highest BCUT2D eigenvalue weighted by atomic mass is 32.2. The zero-order chi connectivity index (χ0) is 20.0. The number of hydrogen-bond donors (Lipinski definition) is 3. The largest absolute Gasteiger partial charge is 0.464 e. The van der Waals surface area contributed by atoms with E-state index in [4.69, 9.17) is 16.2 Å². The number of sulfone groups is 1. The third kappa shape index (κ3) is 5.66. The monoisotopic (exact) mass is 391 g/mol. The number of carbonyl (C=O) groups excluding carboxylic acids is 3. The number of hydrogen-bond acceptors (Lipinski definition) is 7. The van der Waals surface area contributed by atoms with Gasteiger partial charge in [0.2, 0.25) is 17.4 Å². The second-order valence-electron chi connectivity index (χ2n) is 6.81. The zero-order valence-electron chi connectivity index (χ0n) is 15.3. The molecule has 0 spiro atoms. The Hall–Kier alpha value is -1.68. The molecule has 0 bridgehead atoms. The van der Waals surface area contributed by atoms with Gasteiger partial charge in [-0.05, 0) is 12.8 Å². The van der Waals surface area contributed by atoms with Crippen LogP contribution in [-0.2, 0) is 29.0 Å². The fourth-order valence-electron chi connectivity index (χ4n) is 2.92. The maximum Gasteiger partial charge on any atom is 0.337 e. The van der Waals surface area contributed by atoms with Crippen molar-refractivity contribution < 1.29 is 27.5 Å². The molecule has 0 aromatic carbocycles. The lowest BCUT2D eigenvalue weighted by molar-refractivity contribution is -0.154. The average Bonchev–Trinajstić information content (AvgIpc) is 2.97. The van der Waals surface area contributed by atoms with Crippen molar-refractivity contribution in [1.29, 1.82) is 0 Å². The van der Waals surface area contributed by atoms with E-state index in [0.29, 0.717) is 32.2 Å². The molecule has 0 saturated carbocycles. The summed E-state index contributed by atoms with van der Waals surface area (Å²) in [4.78, 5) is 35.3. The highest BCUT2D eigenvalue weighted by Crippen LogP contribution is 2.20. The molecule has 1 aliphatic rings. The van der Waals surface area contributed by atoms with Gasteiger partial charge in [0.05, 0.1) is 17.6 Å². The first kappa shape index (κ1) is 22.4. The molecule has 1 aliphatic heterocycles. The van der Waals surface area contributed by atoms with Crippen LogP contribution in [0.3, 0.4) is 0 Å². The summed E-state index contributed by atoms with van der Waals surface area (Å²) in [5.74, 6) is -3.73. The Bertz CT molecular complexity index is 630. The van der Waals surface area contributed by atoms with Crippen molar-refractivity contribution in [2.45, 2.75) is 56.7 Å². The van der Waals surface area contributed by atoms with Crippen LogP contribution < -0.4 is 16.8 Å². The molecule has 2 amide bonds. The summed E-state index contributed by atoms with van der Waals surface area (Å²) in [6.07, 6.45) is 2.30. The van der Waals surface area contributed by atoms with E-state index in [-0.39, 0.29) is 24.9 Å². The Morgan fingerprint density at radius 3 is 2.31 bits per heavy atom. The third-order valence-electron chi connectivity index (χ3n) is 4.47. The lowest BCUT2D eigenvalue weighted by Gasteiger charge is -2.26. The molecule has 1 rings (SSSR count). The van der Waals surface area contributed by atoms with Gasteiger partial charge in [0.15, 0.2) is 9.84 Å². The van der Waals surface area contributed by atoms with Crippen LogP contribution in [0, 0.1) is 5.92 Å². The number of nitrogens with two attached hydrogens (primary N) is 2. The topological polar surface area (TPSA) is 159 Å². The minimum Gasteiger partial charge on any atom is -0.464 e. The van der Waals surface area contributed by atoms with E-state index in [1.165, 1.54) is 0 Å². The van der Waals surface area contributed by atoms with E-state index in [1.54, 1.807) is 0 Å². The van der Waals surface area contributed by atoms with Gasteiger partial charge in [0.25, 0.3) is 0 Å². The van der Waals surface area contributed by atoms with Crippen molar-refractivity contribution in [3.63, 3.8) is 0 Å². The molecule has 2 atom stereocenters. The van der Waals surface area contributed by atoms with Crippen molar-refractivity contribution >= 4 is 27.6 Å². The lowest BCUT2D eigenvalue weighted by atomic mass is 10.0. The maximum absolute atomic E-state index is 12.7. The fourth-order valence-corrected chi connectivity index (χ4v) is 5.24. The Morgan fingerprint density at radius 2 is 1.88 bits per heavy atom. The molecule has 0 aliphatic carbocycles. The summed E-state index contributed by atoms with van der Waals surface area (Å²) in [7, 11) is -3.83. The molecule has 10 heteroatoms. The van der Waals surface area contributed by atoms with Crippen molar-refractivity contribution in [3.05, 3.63) is 0 Å². The normalized spacial score (nSPS) is 19.8. The Morgan fingerprint density at radius 1 is 1.31 bits per heavy atom. The molecule has 1 unspecified atom stereocenters. The number of rotatable bonds is 11. The van der Waals surface area contributed by atoms with Crippen LogP contribution in [0.1, 0.15) is 46.0 Å². The Kier molecular flexibility index (Phi) is 8.01. The molecular weight excluding hydrogens is 362 g/mol. The van der Waals surface area contributed by atoms with Gasteiger partial charge in [-0.15, -0.1) is 0 Å². The first-order valence-electron chi connectivity index (χ1n) is 8.81. The van der Waals surface area contributed by atoms with Crippen LogP contribution in [0.2, 0.25) is 0 Å². The second kappa shape index (κ2) is 9.31. The Balaban J connectivity index is 2.87. The number of carbonyl (C=O) groups is 3. The third-order valence-corrected chi connectivity index (χ3v) is 6.82. The molecule has 0 radical (unpaired) electrons. The number of ether oxygens (including phenoxy) is 1. The summed E-state index contributed by atoms with van der Waals surface area (Å²) in [5.41, 5.74) is 8.59. The van der Waals surface area contributed by atoms with E-state index in [0.717, 1.165) is 0 Å². The summed E-state index contributed by atoms with van der Waals surface area (Å²) < 4.78 is 30.4. The molecule has 5 N–H and O–H groups in total. The number of primary amides is 1. The summed E-state index contributed by atoms with van der Waals surface area (Å²) in [6, 6.07) is 0. The molecule has 0 aromatic heterocycles. The fraction of sp³-hybridized carbons (Fsp3) is 0.812. The van der Waals surface area contributed by atoms with Gasteiger partial charge in [0.1, 0.15) is 0 Å². The minimum atomic E-state index is -3.83. The summed E-state index contributed by atoms with van der Waals surface area (Å²) >= 11 is 0. The summed E-state index contributed by atoms with van der Waals surface area (Å²) in [6.45, 7) is 3.91. The SMILES string of the molecule is CCCC(CCC)S(=O)(=O)CC(N)(C(N)=O)C(=O)OC[C@@H]1CNC(=O)C1. The lowest BCUT2D eigenvalue weighted by Crippen LogP contribution is -2.63. The van der Waals surface area contributed by atoms with Crippen LogP contribution in [0.25, 0.3) is 0 Å². The molecule has 0 aromatic rings. The van der Waals surface area contributed by atoms with Crippen LogP contribution in [0.15, 0.2) is 0 Å². The van der Waals surface area contributed by atoms with Gasteiger partial charge >= 0.3 is 5.97 Å². The van der Waals surface area contributed by atoms with Crippen LogP contribution >= 0.6 is 0 Å². The maximum atomic E-state index is 12.7. The molecular formula is C16H29N3O6S. The average molecular weight is 391 g/mol. The first-order valence-corrected chi connectivity index (χ1v) is 10.5. The number of esters is 1. The minimum absolute atomic E-state index is 0.142. The number of amides is 2. The number of nitrogens with one attached hydrogen (secondary N) is 1. The molecule has 9 nitrogen and oxygen atoms in total. The summed E-state index contributed by atoms with van der Waals surface area (Å²) in [5, 5.41) is 1.90. The van der Waals surface area contributed by atoms with E-state index in [2.05, 4.69) is 5.32 Å². The molecule has 1 saturated heterocycles. The Labute approximate surface area is 154 Å². The van der Waals surface area contributed by atoms with Crippen LogP contribution in [0.4, 0.5) is 0 Å². The van der Waals surface area contributed by atoms with E-state index in [9.17, 15) is 22.8 Å². The van der Waals surface area contributed by atoms with Crippen LogP contribution in [-0.4, -0.2) is 55.9 Å². The van der Waals surface area contributed by atoms with Crippen molar-refractivity contribution in [2.75, 3.05) is 18.9 Å². The zero-order valence-corrected chi connectivity index (χ0v) is 16.1. The van der Waals surface area contributed by atoms with E-state index < -0.39 is 38.3 Å². The smallest absolute Gasteiger partial charge is 0.337 e. The first-order chi connectivity index (χ1) is 12.1. The van der Waals surface area contributed by atoms with Gasteiger partial charge < -0.3 is 21.5 Å². The quantitative estimate of drug-likeness (QED) is 0.308. The molecule has 1 heterocycles. The van der Waals surface area contributed by atoms with Crippen molar-refractivity contribution in [3.8, 4) is 0 Å². The molecule has 26 heavy (non-hydrogen) atoms. The van der Waals surface area contributed by atoms with Gasteiger partial charge in [0, 0.05) is 18.9 Å². The van der Waals surface area contributed by atoms with Crippen molar-refractivity contribution in [2.24, 2.45) is 17.4 Å². The molecule has 1 fully saturated rings. The predicted molar refractivity (Wildman–Crippen MR) is 95.6 cm³/mol. The van der Waals surface area contributed by atoms with Crippen LogP contribution in [0.5, 0.6) is 0 Å². The van der Waals surface area contributed by atoms with E-state index >= 15 is 0 Å². The van der Waals surface area contributed by atoms with Gasteiger partial charge in [-0.1, -0.05) is 26.7 Å². The van der Waals surface area contributed by atoms with Gasteiger partial charge in [-0.2, -0.15) is 0 Å². The van der Waals surface area contributed by atoms with Gasteiger partial charge in [-0.25, -0.2) is 13.2 Å². The second-order valence-corrected chi connectivity index (χ2v) is 9.10. The van der Waals surface area contributed by atoms with E-state index in [1.807, 2.05) is 13.8 Å². The standard InChI is InChI=1S/C16H29N3O6S/c1-3-5-12(6-4-2)26(23,24)10-16(18,14(17)21)15(22)25-9-11-7-13(20)19-8-11/h11-12H,3-10,18H2,1-2H3,(H2,17,21)(H,19,20)/t11-,16?/m0/s1.